The maximum Gasteiger partial charge on any atom is 0.207 e. The lowest BCUT2D eigenvalue weighted by atomic mass is 10.0. The number of benzene rings is 1. The van der Waals surface area contributed by atoms with Crippen molar-refractivity contribution in [1.82, 2.24) is 9.55 Å². The van der Waals surface area contributed by atoms with E-state index in [2.05, 4.69) is 66.1 Å². The molecular weight excluding hydrogens is 222 g/mol. The molecule has 0 saturated heterocycles. The summed E-state index contributed by atoms with van der Waals surface area (Å²) >= 11 is 0. The normalized spacial score (nSPS) is 10.9. The van der Waals surface area contributed by atoms with E-state index >= 15 is 0 Å². The van der Waals surface area contributed by atoms with Crippen LogP contribution in [-0.4, -0.2) is 9.55 Å². The molecule has 0 aliphatic carbocycles. The Morgan fingerprint density at radius 2 is 1.89 bits per heavy atom. The third-order valence-electron chi connectivity index (χ3n) is 3.07. The minimum absolute atomic E-state index is 0.568. The average Bonchev–Trinajstić information content (AvgIpc) is 2.70. The van der Waals surface area contributed by atoms with E-state index in [4.69, 9.17) is 0 Å². The Kier molecular flexibility index (Phi) is 3.70. The molecule has 1 aromatic carbocycles. The van der Waals surface area contributed by atoms with E-state index in [1.807, 2.05) is 6.92 Å². The molecule has 2 rings (SSSR count). The number of imidazole rings is 1. The van der Waals surface area contributed by atoms with Crippen LogP contribution in [0.3, 0.4) is 0 Å². The number of hydrogen-bond donors (Lipinski definition) is 1. The van der Waals surface area contributed by atoms with Crippen molar-refractivity contribution in [3.63, 3.8) is 0 Å². The van der Waals surface area contributed by atoms with Crippen molar-refractivity contribution in [2.24, 2.45) is 0 Å². The average molecular weight is 243 g/mol. The maximum absolute atomic E-state index is 4.49. The molecule has 0 spiro atoms. The van der Waals surface area contributed by atoms with Gasteiger partial charge >= 0.3 is 0 Å². The molecule has 18 heavy (non-hydrogen) atoms. The minimum Gasteiger partial charge on any atom is -0.326 e. The van der Waals surface area contributed by atoms with Gasteiger partial charge in [-0.1, -0.05) is 26.0 Å². The quantitative estimate of drug-likeness (QED) is 0.877. The standard InChI is InChI=1S/C15H21N3/c1-5-18-10-12(4)16-15(18)17-14-8-6-13(7-9-14)11(2)3/h6-11H,5H2,1-4H3,(H,16,17). The van der Waals surface area contributed by atoms with Gasteiger partial charge in [-0.05, 0) is 37.5 Å². The van der Waals surface area contributed by atoms with Crippen LogP contribution in [0.4, 0.5) is 11.6 Å². The van der Waals surface area contributed by atoms with Crippen molar-refractivity contribution < 1.29 is 0 Å². The van der Waals surface area contributed by atoms with E-state index in [1.54, 1.807) is 0 Å². The van der Waals surface area contributed by atoms with Gasteiger partial charge < -0.3 is 9.88 Å². The minimum atomic E-state index is 0.568. The van der Waals surface area contributed by atoms with Crippen LogP contribution in [0.1, 0.15) is 37.9 Å². The molecule has 0 amide bonds. The Labute approximate surface area is 109 Å². The summed E-state index contributed by atoms with van der Waals surface area (Å²) in [6.45, 7) is 9.46. The zero-order valence-electron chi connectivity index (χ0n) is 11.6. The van der Waals surface area contributed by atoms with Gasteiger partial charge in [0, 0.05) is 18.4 Å². The lowest BCUT2D eigenvalue weighted by molar-refractivity contribution is 0.771. The Morgan fingerprint density at radius 1 is 1.22 bits per heavy atom. The number of rotatable bonds is 4. The topological polar surface area (TPSA) is 29.9 Å². The maximum atomic E-state index is 4.49. The number of anilines is 2. The molecule has 96 valence electrons. The third kappa shape index (κ3) is 2.73. The van der Waals surface area contributed by atoms with E-state index in [-0.39, 0.29) is 0 Å². The van der Waals surface area contributed by atoms with Crippen LogP contribution in [0.25, 0.3) is 0 Å². The van der Waals surface area contributed by atoms with Gasteiger partial charge in [0.25, 0.3) is 0 Å². The predicted molar refractivity (Wildman–Crippen MR) is 76.5 cm³/mol. The van der Waals surface area contributed by atoms with Crippen molar-refractivity contribution >= 4 is 11.6 Å². The van der Waals surface area contributed by atoms with Crippen LogP contribution in [-0.2, 0) is 6.54 Å². The summed E-state index contributed by atoms with van der Waals surface area (Å²) in [6.07, 6.45) is 2.06. The first-order valence-corrected chi connectivity index (χ1v) is 6.51. The van der Waals surface area contributed by atoms with Gasteiger partial charge in [-0.2, -0.15) is 0 Å². The first-order valence-electron chi connectivity index (χ1n) is 6.51. The van der Waals surface area contributed by atoms with Gasteiger partial charge in [0.1, 0.15) is 0 Å². The summed E-state index contributed by atoms with van der Waals surface area (Å²) in [5.74, 6) is 1.48. The van der Waals surface area contributed by atoms with Crippen LogP contribution in [0.15, 0.2) is 30.5 Å². The van der Waals surface area contributed by atoms with E-state index in [9.17, 15) is 0 Å². The fourth-order valence-electron chi connectivity index (χ4n) is 1.97. The van der Waals surface area contributed by atoms with E-state index in [1.165, 1.54) is 5.56 Å². The third-order valence-corrected chi connectivity index (χ3v) is 3.07. The number of nitrogens with zero attached hydrogens (tertiary/aromatic N) is 2. The fraction of sp³-hybridized carbons (Fsp3) is 0.400. The van der Waals surface area contributed by atoms with Crippen LogP contribution in [0.5, 0.6) is 0 Å². The zero-order chi connectivity index (χ0) is 13.1. The van der Waals surface area contributed by atoms with Gasteiger partial charge in [0.15, 0.2) is 0 Å². The Balaban J connectivity index is 2.18. The van der Waals surface area contributed by atoms with Crippen LogP contribution >= 0.6 is 0 Å². The smallest absolute Gasteiger partial charge is 0.207 e. The lowest BCUT2D eigenvalue weighted by Gasteiger charge is -2.09. The van der Waals surface area contributed by atoms with Crippen LogP contribution in [0, 0.1) is 6.92 Å². The van der Waals surface area contributed by atoms with Gasteiger partial charge in [-0.3, -0.25) is 0 Å². The number of hydrogen-bond acceptors (Lipinski definition) is 2. The molecule has 0 unspecified atom stereocenters. The highest BCUT2D eigenvalue weighted by atomic mass is 15.2. The monoisotopic (exact) mass is 243 g/mol. The molecule has 0 fully saturated rings. The van der Waals surface area contributed by atoms with Crippen LogP contribution in [0.2, 0.25) is 0 Å². The molecule has 0 atom stereocenters. The van der Waals surface area contributed by atoms with E-state index in [0.29, 0.717) is 5.92 Å². The van der Waals surface area contributed by atoms with E-state index in [0.717, 1.165) is 23.9 Å². The SMILES string of the molecule is CCn1cc(C)nc1Nc1ccc(C(C)C)cc1. The van der Waals surface area contributed by atoms with Crippen LogP contribution < -0.4 is 5.32 Å². The molecule has 3 nitrogen and oxygen atoms in total. The summed E-state index contributed by atoms with van der Waals surface area (Å²) in [6, 6.07) is 8.55. The van der Waals surface area contributed by atoms with Crippen molar-refractivity contribution in [3.8, 4) is 0 Å². The second-order valence-corrected chi connectivity index (χ2v) is 4.89. The molecule has 0 saturated carbocycles. The highest BCUT2D eigenvalue weighted by molar-refractivity contribution is 5.54. The molecule has 3 heteroatoms. The molecule has 0 bridgehead atoms. The number of aryl methyl sites for hydroxylation is 2. The van der Waals surface area contributed by atoms with Crippen molar-refractivity contribution in [1.29, 1.82) is 0 Å². The van der Waals surface area contributed by atoms with Crippen molar-refractivity contribution in [2.45, 2.75) is 40.2 Å². The highest BCUT2D eigenvalue weighted by Gasteiger charge is 2.05. The highest BCUT2D eigenvalue weighted by Crippen LogP contribution is 2.20. The summed E-state index contributed by atoms with van der Waals surface area (Å²) in [5, 5.41) is 3.36. The summed E-state index contributed by atoms with van der Waals surface area (Å²) in [4.78, 5) is 4.49. The van der Waals surface area contributed by atoms with Gasteiger partial charge in [0.05, 0.1) is 5.69 Å². The van der Waals surface area contributed by atoms with Gasteiger partial charge in [-0.25, -0.2) is 4.98 Å². The summed E-state index contributed by atoms with van der Waals surface area (Å²) in [5.41, 5.74) is 3.48. The van der Waals surface area contributed by atoms with Crippen molar-refractivity contribution in [3.05, 3.63) is 41.7 Å². The Hall–Kier alpha value is -1.77. The Morgan fingerprint density at radius 3 is 2.44 bits per heavy atom. The fourth-order valence-corrected chi connectivity index (χ4v) is 1.97. The predicted octanol–water partition coefficient (Wildman–Crippen LogP) is 4.08. The number of aromatic nitrogens is 2. The largest absolute Gasteiger partial charge is 0.326 e. The number of nitrogens with one attached hydrogen (secondary N) is 1. The lowest BCUT2D eigenvalue weighted by Crippen LogP contribution is -2.01. The Bertz CT molecular complexity index is 509. The summed E-state index contributed by atoms with van der Waals surface area (Å²) < 4.78 is 2.12. The van der Waals surface area contributed by atoms with Crippen molar-refractivity contribution in [2.75, 3.05) is 5.32 Å². The molecular formula is C15H21N3. The second-order valence-electron chi connectivity index (χ2n) is 4.89. The molecule has 1 N–H and O–H groups in total. The second kappa shape index (κ2) is 5.25. The first kappa shape index (κ1) is 12.7. The first-order chi connectivity index (χ1) is 8.60. The zero-order valence-corrected chi connectivity index (χ0v) is 11.6. The molecule has 0 aliphatic heterocycles. The molecule has 2 aromatic rings. The molecule has 1 aromatic heterocycles. The molecule has 0 aliphatic rings. The summed E-state index contributed by atoms with van der Waals surface area (Å²) in [7, 11) is 0. The van der Waals surface area contributed by atoms with Gasteiger partial charge in [-0.15, -0.1) is 0 Å². The molecule has 1 heterocycles. The molecule has 0 radical (unpaired) electrons. The van der Waals surface area contributed by atoms with E-state index < -0.39 is 0 Å². The van der Waals surface area contributed by atoms with Gasteiger partial charge in [0.2, 0.25) is 5.95 Å².